The number of rotatable bonds is 4. The van der Waals surface area contributed by atoms with Crippen LogP contribution in [0.5, 0.6) is 0 Å². The number of hydrogen-bond acceptors (Lipinski definition) is 4. The van der Waals surface area contributed by atoms with Gasteiger partial charge in [-0.1, -0.05) is 42.5 Å². The SMILES string of the molecule is O=C(Nc1cccc(-c2ccc(=O)[nH]n2)c1)c1occc1-c1ccccc1. The molecule has 0 unspecified atom stereocenters. The van der Waals surface area contributed by atoms with Crippen LogP contribution >= 0.6 is 0 Å². The second-order valence-electron chi connectivity index (χ2n) is 5.87. The van der Waals surface area contributed by atoms with Gasteiger partial charge in [-0.25, -0.2) is 5.10 Å². The van der Waals surface area contributed by atoms with Gasteiger partial charge in [0.1, 0.15) is 0 Å². The van der Waals surface area contributed by atoms with Gasteiger partial charge in [0.05, 0.1) is 12.0 Å². The Morgan fingerprint density at radius 2 is 1.74 bits per heavy atom. The highest BCUT2D eigenvalue weighted by Gasteiger charge is 2.17. The van der Waals surface area contributed by atoms with Crippen molar-refractivity contribution >= 4 is 11.6 Å². The van der Waals surface area contributed by atoms with Crippen molar-refractivity contribution in [2.24, 2.45) is 0 Å². The Morgan fingerprint density at radius 3 is 2.52 bits per heavy atom. The monoisotopic (exact) mass is 357 g/mol. The Morgan fingerprint density at radius 1 is 0.926 bits per heavy atom. The molecule has 6 heteroatoms. The normalized spacial score (nSPS) is 10.5. The number of amides is 1. The Labute approximate surface area is 154 Å². The Bertz CT molecular complexity index is 1130. The van der Waals surface area contributed by atoms with Crippen LogP contribution in [0.3, 0.4) is 0 Å². The summed E-state index contributed by atoms with van der Waals surface area (Å²) >= 11 is 0. The van der Waals surface area contributed by atoms with Gasteiger partial charge in [0.25, 0.3) is 11.5 Å². The molecule has 0 bridgehead atoms. The number of nitrogens with one attached hydrogen (secondary N) is 2. The van der Waals surface area contributed by atoms with Crippen LogP contribution in [0.25, 0.3) is 22.4 Å². The average molecular weight is 357 g/mol. The number of furan rings is 1. The van der Waals surface area contributed by atoms with E-state index in [2.05, 4.69) is 15.5 Å². The van der Waals surface area contributed by atoms with E-state index in [4.69, 9.17) is 4.42 Å². The first-order valence-corrected chi connectivity index (χ1v) is 8.31. The first kappa shape index (κ1) is 16.5. The van der Waals surface area contributed by atoms with Crippen molar-refractivity contribution in [3.05, 3.63) is 95.2 Å². The largest absolute Gasteiger partial charge is 0.459 e. The van der Waals surface area contributed by atoms with Gasteiger partial charge >= 0.3 is 0 Å². The van der Waals surface area contributed by atoms with Crippen molar-refractivity contribution in [3.8, 4) is 22.4 Å². The maximum absolute atomic E-state index is 12.7. The van der Waals surface area contributed by atoms with E-state index in [1.54, 1.807) is 30.3 Å². The molecule has 2 aromatic carbocycles. The molecule has 2 N–H and O–H groups in total. The lowest BCUT2D eigenvalue weighted by Crippen LogP contribution is -2.12. The molecule has 0 radical (unpaired) electrons. The number of hydrogen-bond donors (Lipinski definition) is 2. The van der Waals surface area contributed by atoms with Gasteiger partial charge in [0.2, 0.25) is 0 Å². The van der Waals surface area contributed by atoms with Crippen LogP contribution < -0.4 is 10.9 Å². The summed E-state index contributed by atoms with van der Waals surface area (Å²) in [7, 11) is 0. The third kappa shape index (κ3) is 3.55. The van der Waals surface area contributed by atoms with Crippen molar-refractivity contribution in [1.82, 2.24) is 10.2 Å². The Balaban J connectivity index is 1.60. The van der Waals surface area contributed by atoms with Crippen molar-refractivity contribution in [2.75, 3.05) is 5.32 Å². The molecule has 0 aliphatic heterocycles. The van der Waals surface area contributed by atoms with E-state index in [0.717, 1.165) is 16.7 Å². The molecule has 0 atom stereocenters. The van der Waals surface area contributed by atoms with E-state index in [1.807, 2.05) is 36.4 Å². The minimum absolute atomic E-state index is 0.244. The number of carbonyl (C=O) groups excluding carboxylic acids is 1. The van der Waals surface area contributed by atoms with Gasteiger partial charge in [-0.3, -0.25) is 9.59 Å². The maximum Gasteiger partial charge on any atom is 0.292 e. The summed E-state index contributed by atoms with van der Waals surface area (Å²) in [5.74, 6) is -0.0980. The Hall–Kier alpha value is -3.93. The fourth-order valence-corrected chi connectivity index (χ4v) is 2.78. The smallest absolute Gasteiger partial charge is 0.292 e. The summed E-state index contributed by atoms with van der Waals surface area (Å²) in [6, 6.07) is 21.6. The quantitative estimate of drug-likeness (QED) is 0.579. The summed E-state index contributed by atoms with van der Waals surface area (Å²) in [6.45, 7) is 0. The highest BCUT2D eigenvalue weighted by atomic mass is 16.3. The van der Waals surface area contributed by atoms with E-state index in [-0.39, 0.29) is 17.2 Å². The molecule has 6 nitrogen and oxygen atoms in total. The van der Waals surface area contributed by atoms with Crippen LogP contribution in [0, 0.1) is 0 Å². The standard InChI is InChI=1S/C21H15N3O3/c25-19-10-9-18(23-24-19)15-7-4-8-16(13-15)22-21(26)20-17(11-12-27-20)14-5-2-1-3-6-14/h1-13H,(H,22,26)(H,24,25). The molecule has 0 spiro atoms. The molecular formula is C21H15N3O3. The number of anilines is 1. The molecule has 27 heavy (non-hydrogen) atoms. The van der Waals surface area contributed by atoms with E-state index < -0.39 is 0 Å². The number of benzene rings is 2. The van der Waals surface area contributed by atoms with Gasteiger partial charge in [-0.05, 0) is 29.8 Å². The number of carbonyl (C=O) groups is 1. The second kappa shape index (κ2) is 7.13. The summed E-state index contributed by atoms with van der Waals surface area (Å²) in [6.07, 6.45) is 1.50. The first-order chi connectivity index (χ1) is 13.2. The van der Waals surface area contributed by atoms with Crippen LogP contribution in [-0.2, 0) is 0 Å². The molecule has 132 valence electrons. The minimum Gasteiger partial charge on any atom is -0.459 e. The molecule has 2 heterocycles. The number of aromatic amines is 1. The number of aromatic nitrogens is 2. The highest BCUT2D eigenvalue weighted by Crippen LogP contribution is 2.26. The van der Waals surface area contributed by atoms with Gasteiger partial charge < -0.3 is 9.73 Å². The van der Waals surface area contributed by atoms with Crippen LogP contribution in [0.2, 0.25) is 0 Å². The zero-order valence-corrected chi connectivity index (χ0v) is 14.2. The lowest BCUT2D eigenvalue weighted by molar-refractivity contribution is 0.0997. The van der Waals surface area contributed by atoms with Gasteiger partial charge in [-0.15, -0.1) is 0 Å². The molecule has 1 amide bonds. The lowest BCUT2D eigenvalue weighted by Gasteiger charge is -2.07. The fraction of sp³-hybridized carbons (Fsp3) is 0. The third-order valence-electron chi connectivity index (χ3n) is 4.05. The minimum atomic E-state index is -0.342. The van der Waals surface area contributed by atoms with Crippen molar-refractivity contribution in [1.29, 1.82) is 0 Å². The molecular weight excluding hydrogens is 342 g/mol. The lowest BCUT2D eigenvalue weighted by atomic mass is 10.1. The van der Waals surface area contributed by atoms with Gasteiger partial charge in [0, 0.05) is 22.9 Å². The number of nitrogens with zero attached hydrogens (tertiary/aromatic N) is 1. The van der Waals surface area contributed by atoms with Crippen molar-refractivity contribution in [3.63, 3.8) is 0 Å². The molecule has 0 saturated heterocycles. The summed E-state index contributed by atoms with van der Waals surface area (Å²) in [5, 5.41) is 9.25. The highest BCUT2D eigenvalue weighted by molar-refractivity contribution is 6.06. The maximum atomic E-state index is 12.7. The van der Waals surface area contributed by atoms with Crippen molar-refractivity contribution in [2.45, 2.75) is 0 Å². The molecule has 4 aromatic rings. The summed E-state index contributed by atoms with van der Waals surface area (Å²) in [5.41, 5.74) is 3.34. The molecule has 0 saturated carbocycles. The van der Waals surface area contributed by atoms with Crippen LogP contribution in [0.15, 0.2) is 88.3 Å². The van der Waals surface area contributed by atoms with E-state index >= 15 is 0 Å². The molecule has 0 aliphatic carbocycles. The van der Waals surface area contributed by atoms with Crippen LogP contribution in [0.1, 0.15) is 10.6 Å². The molecule has 0 fully saturated rings. The fourth-order valence-electron chi connectivity index (χ4n) is 2.78. The number of H-pyrrole nitrogens is 1. The van der Waals surface area contributed by atoms with E-state index in [9.17, 15) is 9.59 Å². The zero-order valence-electron chi connectivity index (χ0n) is 14.2. The third-order valence-corrected chi connectivity index (χ3v) is 4.05. The first-order valence-electron chi connectivity index (χ1n) is 8.31. The second-order valence-corrected chi connectivity index (χ2v) is 5.87. The van der Waals surface area contributed by atoms with E-state index in [1.165, 1.54) is 12.3 Å². The summed E-state index contributed by atoms with van der Waals surface area (Å²) < 4.78 is 5.42. The van der Waals surface area contributed by atoms with Gasteiger partial charge in [0.15, 0.2) is 5.76 Å². The molecule has 2 aromatic heterocycles. The van der Waals surface area contributed by atoms with Crippen LogP contribution in [-0.4, -0.2) is 16.1 Å². The van der Waals surface area contributed by atoms with Crippen LogP contribution in [0.4, 0.5) is 5.69 Å². The van der Waals surface area contributed by atoms with Crippen molar-refractivity contribution < 1.29 is 9.21 Å². The summed E-state index contributed by atoms with van der Waals surface area (Å²) in [4.78, 5) is 23.9. The predicted molar refractivity (Wildman–Crippen MR) is 102 cm³/mol. The zero-order chi connectivity index (χ0) is 18.6. The molecule has 0 aliphatic rings. The predicted octanol–water partition coefficient (Wildman–Crippen LogP) is 3.95. The Kier molecular flexibility index (Phi) is 4.37. The average Bonchev–Trinajstić information content (AvgIpc) is 3.19. The van der Waals surface area contributed by atoms with Gasteiger partial charge in [-0.2, -0.15) is 5.10 Å². The topological polar surface area (TPSA) is 88.0 Å². The molecule has 4 rings (SSSR count). The van der Waals surface area contributed by atoms with E-state index in [0.29, 0.717) is 11.4 Å².